The van der Waals surface area contributed by atoms with Gasteiger partial charge >= 0.3 is 5.97 Å². The number of rotatable bonds is 7. The van der Waals surface area contributed by atoms with E-state index in [2.05, 4.69) is 21.2 Å². The summed E-state index contributed by atoms with van der Waals surface area (Å²) < 4.78 is 0.903. The number of hydrogen-bond donors (Lipinski definition) is 3. The molecular formula is C18H19BrN2O3. The van der Waals surface area contributed by atoms with E-state index in [1.54, 1.807) is 37.3 Å². The average molecular weight is 391 g/mol. The van der Waals surface area contributed by atoms with E-state index in [4.69, 9.17) is 10.8 Å². The van der Waals surface area contributed by atoms with E-state index in [-0.39, 0.29) is 12.3 Å². The zero-order chi connectivity index (χ0) is 17.7. The van der Waals surface area contributed by atoms with Crippen molar-refractivity contribution in [2.24, 2.45) is 0 Å². The lowest BCUT2D eigenvalue weighted by Crippen LogP contribution is -2.35. The second-order valence-electron chi connectivity index (χ2n) is 5.43. The molecule has 5 nitrogen and oxygen atoms in total. The first-order valence-electron chi connectivity index (χ1n) is 7.57. The van der Waals surface area contributed by atoms with Gasteiger partial charge in [0, 0.05) is 27.8 Å². The van der Waals surface area contributed by atoms with Crippen LogP contribution in [0.2, 0.25) is 0 Å². The summed E-state index contributed by atoms with van der Waals surface area (Å²) in [5, 5.41) is 12.0. The third-order valence-corrected chi connectivity index (χ3v) is 4.29. The first kappa shape index (κ1) is 18.2. The Kier molecular flexibility index (Phi) is 6.11. The monoisotopic (exact) mass is 390 g/mol. The first-order valence-corrected chi connectivity index (χ1v) is 8.36. The molecule has 0 fully saturated rings. The van der Waals surface area contributed by atoms with Gasteiger partial charge in [-0.05, 0) is 54.4 Å². The number of ketones is 1. The molecule has 1 atom stereocenters. The Morgan fingerprint density at radius 1 is 1.17 bits per heavy atom. The first-order chi connectivity index (χ1) is 11.4. The van der Waals surface area contributed by atoms with Crippen LogP contribution in [0.15, 0.2) is 46.9 Å². The highest BCUT2D eigenvalue weighted by molar-refractivity contribution is 9.10. The zero-order valence-corrected chi connectivity index (χ0v) is 14.8. The maximum absolute atomic E-state index is 12.6. The third kappa shape index (κ3) is 4.43. The second kappa shape index (κ2) is 8.08. The predicted octanol–water partition coefficient (Wildman–Crippen LogP) is 3.22. The van der Waals surface area contributed by atoms with E-state index in [0.29, 0.717) is 28.8 Å². The Hall–Kier alpha value is -2.18. The highest BCUT2D eigenvalue weighted by Crippen LogP contribution is 2.19. The van der Waals surface area contributed by atoms with Gasteiger partial charge in [0.15, 0.2) is 5.78 Å². The van der Waals surface area contributed by atoms with Gasteiger partial charge in [0.25, 0.3) is 0 Å². The van der Waals surface area contributed by atoms with E-state index in [0.717, 1.165) is 4.47 Å². The number of nitrogens with two attached hydrogens (primary N) is 1. The van der Waals surface area contributed by atoms with Crippen molar-refractivity contribution in [1.82, 2.24) is 5.32 Å². The van der Waals surface area contributed by atoms with E-state index in [1.165, 1.54) is 0 Å². The summed E-state index contributed by atoms with van der Waals surface area (Å²) in [7, 11) is 0. The molecule has 4 N–H and O–H groups in total. The van der Waals surface area contributed by atoms with Crippen molar-refractivity contribution in [3.05, 3.63) is 63.6 Å². The summed E-state index contributed by atoms with van der Waals surface area (Å²) in [6, 6.07) is 11.5. The van der Waals surface area contributed by atoms with E-state index in [9.17, 15) is 9.59 Å². The molecule has 126 valence electrons. The van der Waals surface area contributed by atoms with Gasteiger partial charge in [-0.2, -0.15) is 0 Å². The molecule has 0 aliphatic heterocycles. The maximum atomic E-state index is 12.6. The summed E-state index contributed by atoms with van der Waals surface area (Å²) in [6.07, 6.45) is 0.465. The lowest BCUT2D eigenvalue weighted by molar-refractivity contribution is -0.139. The molecule has 0 aromatic heterocycles. The number of nitrogens with one attached hydrogen (secondary N) is 1. The topological polar surface area (TPSA) is 92.4 Å². The van der Waals surface area contributed by atoms with Gasteiger partial charge in [0.2, 0.25) is 0 Å². The molecule has 24 heavy (non-hydrogen) atoms. The minimum Gasteiger partial charge on any atom is -0.480 e. The Bertz CT molecular complexity index is 744. The van der Waals surface area contributed by atoms with Crippen molar-refractivity contribution in [2.45, 2.75) is 25.9 Å². The molecule has 0 saturated heterocycles. The van der Waals surface area contributed by atoms with Gasteiger partial charge in [-0.1, -0.05) is 22.9 Å². The normalized spacial score (nSPS) is 11.9. The molecule has 0 bridgehead atoms. The molecule has 0 amide bonds. The van der Waals surface area contributed by atoms with Crippen LogP contribution >= 0.6 is 15.9 Å². The van der Waals surface area contributed by atoms with Gasteiger partial charge in [0.05, 0.1) is 0 Å². The van der Waals surface area contributed by atoms with Gasteiger partial charge < -0.3 is 16.2 Å². The average Bonchev–Trinajstić information content (AvgIpc) is 2.56. The van der Waals surface area contributed by atoms with E-state index >= 15 is 0 Å². The van der Waals surface area contributed by atoms with Crippen LogP contribution in [0.4, 0.5) is 5.69 Å². The number of hydrogen-bond acceptors (Lipinski definition) is 4. The Morgan fingerprint density at radius 2 is 1.79 bits per heavy atom. The van der Waals surface area contributed by atoms with Crippen LogP contribution in [-0.4, -0.2) is 22.9 Å². The fraction of sp³-hybridized carbons (Fsp3) is 0.222. The van der Waals surface area contributed by atoms with Crippen molar-refractivity contribution < 1.29 is 14.7 Å². The summed E-state index contributed by atoms with van der Waals surface area (Å²) in [6.45, 7) is 2.08. The minimum atomic E-state index is -0.904. The number of aliphatic carboxylic acids is 1. The van der Waals surface area contributed by atoms with Crippen molar-refractivity contribution in [1.29, 1.82) is 0 Å². The fourth-order valence-corrected chi connectivity index (χ4v) is 2.57. The lowest BCUT2D eigenvalue weighted by atomic mass is 10.00. The second-order valence-corrected chi connectivity index (χ2v) is 6.35. The van der Waals surface area contributed by atoms with Crippen molar-refractivity contribution in [3.63, 3.8) is 0 Å². The molecule has 0 radical (unpaired) electrons. The molecule has 0 aliphatic rings. The van der Waals surface area contributed by atoms with Crippen molar-refractivity contribution in [3.8, 4) is 0 Å². The van der Waals surface area contributed by atoms with Gasteiger partial charge in [-0.3, -0.25) is 9.59 Å². The third-order valence-electron chi connectivity index (χ3n) is 3.76. The number of carbonyl (C=O) groups is 2. The van der Waals surface area contributed by atoms with Crippen LogP contribution in [0.3, 0.4) is 0 Å². The van der Waals surface area contributed by atoms with Crippen LogP contribution < -0.4 is 11.1 Å². The highest BCUT2D eigenvalue weighted by Gasteiger charge is 2.15. The maximum Gasteiger partial charge on any atom is 0.320 e. The number of carbonyl (C=O) groups excluding carboxylic acids is 1. The van der Waals surface area contributed by atoms with Crippen LogP contribution in [0.5, 0.6) is 0 Å². The van der Waals surface area contributed by atoms with Gasteiger partial charge in [-0.25, -0.2) is 0 Å². The quantitative estimate of drug-likeness (QED) is 0.498. The molecule has 6 heteroatoms. The number of benzene rings is 2. The Balaban J connectivity index is 2.20. The SMILES string of the molecule is CCC(NCc1cc(C(=O)c2ccc(Br)cc2)ccc1N)C(=O)O. The van der Waals surface area contributed by atoms with E-state index in [1.807, 2.05) is 12.1 Å². The van der Waals surface area contributed by atoms with Crippen LogP contribution in [0.1, 0.15) is 34.8 Å². The number of carboxylic acids is 1. The lowest BCUT2D eigenvalue weighted by Gasteiger charge is -2.14. The highest BCUT2D eigenvalue weighted by atomic mass is 79.9. The number of nitrogen functional groups attached to an aromatic ring is 1. The molecule has 1 unspecified atom stereocenters. The van der Waals surface area contributed by atoms with Crippen molar-refractivity contribution >= 4 is 33.4 Å². The molecule has 2 aromatic rings. The summed E-state index contributed by atoms with van der Waals surface area (Å²) in [5.74, 6) is -1.01. The van der Waals surface area contributed by atoms with Crippen LogP contribution in [0.25, 0.3) is 0 Å². The predicted molar refractivity (Wildman–Crippen MR) is 97.0 cm³/mol. The minimum absolute atomic E-state index is 0.103. The fourth-order valence-electron chi connectivity index (χ4n) is 2.31. The van der Waals surface area contributed by atoms with Crippen LogP contribution in [0, 0.1) is 0 Å². The Morgan fingerprint density at radius 3 is 2.38 bits per heavy atom. The van der Waals surface area contributed by atoms with Gasteiger partial charge in [-0.15, -0.1) is 0 Å². The molecule has 0 aliphatic carbocycles. The van der Waals surface area contributed by atoms with Crippen molar-refractivity contribution in [2.75, 3.05) is 5.73 Å². The largest absolute Gasteiger partial charge is 0.480 e. The van der Waals surface area contributed by atoms with E-state index < -0.39 is 12.0 Å². The molecule has 2 aromatic carbocycles. The van der Waals surface area contributed by atoms with Gasteiger partial charge in [0.1, 0.15) is 6.04 Å². The zero-order valence-electron chi connectivity index (χ0n) is 13.3. The molecule has 2 rings (SSSR count). The molecule has 0 spiro atoms. The summed E-state index contributed by atoms with van der Waals surface area (Å²) >= 11 is 3.34. The standard InChI is InChI=1S/C18H19BrN2O3/c1-2-16(18(23)24)21-10-13-9-12(5-8-15(13)20)17(22)11-3-6-14(19)7-4-11/h3-9,16,21H,2,10,20H2,1H3,(H,23,24). The summed E-state index contributed by atoms with van der Waals surface area (Å²) in [5.41, 5.74) is 8.28. The number of halogens is 1. The molecular weight excluding hydrogens is 372 g/mol. The summed E-state index contributed by atoms with van der Waals surface area (Å²) in [4.78, 5) is 23.6. The Labute approximate surface area is 149 Å². The molecule has 0 heterocycles. The van der Waals surface area contributed by atoms with Crippen LogP contribution in [-0.2, 0) is 11.3 Å². The number of anilines is 1. The molecule has 0 saturated carbocycles. The smallest absolute Gasteiger partial charge is 0.320 e. The number of carboxylic acid groups (broad SMARTS) is 1.